The number of hydrogen-bond donors (Lipinski definition) is 1. The van der Waals surface area contributed by atoms with E-state index in [0.717, 1.165) is 46.6 Å². The normalized spacial score (nSPS) is 17.4. The molecule has 10 heteroatoms. The van der Waals surface area contributed by atoms with E-state index in [1.54, 1.807) is 10.9 Å². The molecule has 1 N–H and O–H groups in total. The number of aromatic nitrogens is 6. The molecule has 29 heavy (non-hydrogen) atoms. The molecule has 0 aromatic carbocycles. The molecule has 0 bridgehead atoms. The van der Waals surface area contributed by atoms with Gasteiger partial charge in [-0.1, -0.05) is 18.9 Å². The number of fused-ring (bicyclic) bond motifs is 1. The molecule has 0 spiro atoms. The Labute approximate surface area is 177 Å². The van der Waals surface area contributed by atoms with Gasteiger partial charge < -0.3 is 5.32 Å². The molecule has 8 nitrogen and oxygen atoms in total. The minimum atomic E-state index is 0.508. The van der Waals surface area contributed by atoms with E-state index >= 15 is 0 Å². The highest BCUT2D eigenvalue weighted by molar-refractivity contribution is 7.96. The van der Waals surface area contributed by atoms with Crippen LogP contribution >= 0.6 is 23.5 Å². The fraction of sp³-hybridized carbons (Fsp3) is 0.368. The van der Waals surface area contributed by atoms with Crippen molar-refractivity contribution in [2.24, 2.45) is 7.05 Å². The van der Waals surface area contributed by atoms with Crippen molar-refractivity contribution >= 4 is 39.9 Å². The SMILES string of the molecule is CCSN1CCC(c2cc(Nc3nccn4c(-c5cnn(C)c5)cnc34)sn2)C1. The number of rotatable bonds is 6. The van der Waals surface area contributed by atoms with E-state index in [-0.39, 0.29) is 0 Å². The van der Waals surface area contributed by atoms with E-state index in [1.807, 2.05) is 48.2 Å². The van der Waals surface area contributed by atoms with Crippen molar-refractivity contribution in [3.63, 3.8) is 0 Å². The zero-order valence-electron chi connectivity index (χ0n) is 16.3. The number of hydrogen-bond acceptors (Lipinski definition) is 8. The summed E-state index contributed by atoms with van der Waals surface area (Å²) in [6.45, 7) is 4.41. The molecule has 150 valence electrons. The van der Waals surface area contributed by atoms with Gasteiger partial charge in [0.25, 0.3) is 0 Å². The van der Waals surface area contributed by atoms with Crippen LogP contribution < -0.4 is 5.32 Å². The van der Waals surface area contributed by atoms with Gasteiger partial charge in [0.15, 0.2) is 11.5 Å². The first-order valence-corrected chi connectivity index (χ1v) is 11.4. The van der Waals surface area contributed by atoms with Gasteiger partial charge in [0, 0.05) is 56.0 Å². The van der Waals surface area contributed by atoms with E-state index in [1.165, 1.54) is 23.6 Å². The lowest BCUT2D eigenvalue weighted by Gasteiger charge is -2.12. The summed E-state index contributed by atoms with van der Waals surface area (Å²) in [7, 11) is 1.91. The van der Waals surface area contributed by atoms with Crippen LogP contribution in [0.2, 0.25) is 0 Å². The van der Waals surface area contributed by atoms with Crippen molar-refractivity contribution in [3.8, 4) is 11.3 Å². The van der Waals surface area contributed by atoms with Gasteiger partial charge in [-0.15, -0.1) is 0 Å². The maximum Gasteiger partial charge on any atom is 0.180 e. The van der Waals surface area contributed by atoms with Gasteiger partial charge in [-0.2, -0.15) is 9.47 Å². The lowest BCUT2D eigenvalue weighted by atomic mass is 10.1. The van der Waals surface area contributed by atoms with Gasteiger partial charge in [-0.3, -0.25) is 9.08 Å². The van der Waals surface area contributed by atoms with Gasteiger partial charge in [-0.25, -0.2) is 14.3 Å². The third kappa shape index (κ3) is 3.63. The summed E-state index contributed by atoms with van der Waals surface area (Å²) in [5.41, 5.74) is 3.96. The monoisotopic (exact) mass is 426 g/mol. The van der Waals surface area contributed by atoms with Crippen LogP contribution in [0.25, 0.3) is 16.9 Å². The van der Waals surface area contributed by atoms with Crippen LogP contribution in [-0.4, -0.2) is 51.7 Å². The topological polar surface area (TPSA) is 76.2 Å². The molecule has 1 atom stereocenters. The predicted octanol–water partition coefficient (Wildman–Crippen LogP) is 3.79. The van der Waals surface area contributed by atoms with E-state index in [0.29, 0.717) is 5.92 Å². The molecule has 4 aromatic rings. The third-order valence-electron chi connectivity index (χ3n) is 5.08. The number of anilines is 2. The van der Waals surface area contributed by atoms with Crippen molar-refractivity contribution < 1.29 is 0 Å². The van der Waals surface area contributed by atoms with Crippen molar-refractivity contribution in [3.05, 3.63) is 42.7 Å². The van der Waals surface area contributed by atoms with Crippen LogP contribution in [0, 0.1) is 0 Å². The molecule has 1 saturated heterocycles. The second-order valence-electron chi connectivity index (χ2n) is 7.05. The molecule has 5 heterocycles. The number of nitrogens with zero attached hydrogens (tertiary/aromatic N) is 7. The summed E-state index contributed by atoms with van der Waals surface area (Å²) in [5.74, 6) is 2.36. The Kier molecular flexibility index (Phi) is 4.98. The largest absolute Gasteiger partial charge is 0.328 e. The molecule has 1 fully saturated rings. The van der Waals surface area contributed by atoms with Gasteiger partial charge in [0.05, 0.1) is 23.8 Å². The highest BCUT2D eigenvalue weighted by atomic mass is 32.2. The predicted molar refractivity (Wildman–Crippen MR) is 118 cm³/mol. The third-order valence-corrected chi connectivity index (χ3v) is 6.75. The maximum absolute atomic E-state index is 4.70. The van der Waals surface area contributed by atoms with E-state index < -0.39 is 0 Å². The van der Waals surface area contributed by atoms with Crippen LogP contribution in [0.15, 0.2) is 37.1 Å². The fourth-order valence-corrected chi connectivity index (χ4v) is 5.31. The van der Waals surface area contributed by atoms with E-state index in [2.05, 4.69) is 37.7 Å². The molecule has 0 radical (unpaired) electrons. The van der Waals surface area contributed by atoms with Crippen molar-refractivity contribution in [1.29, 1.82) is 0 Å². The van der Waals surface area contributed by atoms with Crippen molar-refractivity contribution in [2.75, 3.05) is 24.2 Å². The Balaban J connectivity index is 1.37. The first kappa shape index (κ1) is 18.6. The summed E-state index contributed by atoms with van der Waals surface area (Å²) in [6, 6.07) is 2.16. The minimum Gasteiger partial charge on any atom is -0.328 e. The molecule has 0 amide bonds. The molecule has 4 aromatic heterocycles. The summed E-state index contributed by atoms with van der Waals surface area (Å²) in [5, 5.41) is 8.67. The van der Waals surface area contributed by atoms with Gasteiger partial charge in [0.1, 0.15) is 5.00 Å². The van der Waals surface area contributed by atoms with Crippen LogP contribution in [0.4, 0.5) is 10.8 Å². The Morgan fingerprint density at radius 2 is 2.24 bits per heavy atom. The molecular formula is C19H22N8S2. The first-order chi connectivity index (χ1) is 14.2. The quantitative estimate of drug-likeness (QED) is 0.470. The molecule has 1 unspecified atom stereocenters. The second-order valence-corrected chi connectivity index (χ2v) is 9.20. The minimum absolute atomic E-state index is 0.508. The van der Waals surface area contributed by atoms with E-state index in [9.17, 15) is 0 Å². The second kappa shape index (κ2) is 7.77. The average Bonchev–Trinajstić information content (AvgIpc) is 3.48. The molecule has 0 aliphatic carbocycles. The highest BCUT2D eigenvalue weighted by Gasteiger charge is 2.26. The average molecular weight is 427 g/mol. The zero-order valence-corrected chi connectivity index (χ0v) is 17.9. The summed E-state index contributed by atoms with van der Waals surface area (Å²) in [6.07, 6.45) is 10.6. The first-order valence-electron chi connectivity index (χ1n) is 9.64. The number of imidazole rings is 1. The van der Waals surface area contributed by atoms with Crippen LogP contribution in [0.1, 0.15) is 25.0 Å². The van der Waals surface area contributed by atoms with E-state index in [4.69, 9.17) is 4.37 Å². The lowest BCUT2D eigenvalue weighted by molar-refractivity contribution is 0.573. The molecular weight excluding hydrogens is 404 g/mol. The Hall–Kier alpha value is -2.43. The molecule has 1 aliphatic rings. The summed E-state index contributed by atoms with van der Waals surface area (Å²) in [4.78, 5) is 9.10. The number of aryl methyl sites for hydroxylation is 1. The molecule has 0 saturated carbocycles. The zero-order chi connectivity index (χ0) is 19.8. The van der Waals surface area contributed by atoms with Gasteiger partial charge in [-0.05, 0) is 24.0 Å². The fourth-order valence-electron chi connectivity index (χ4n) is 3.70. The molecule has 5 rings (SSSR count). The summed E-state index contributed by atoms with van der Waals surface area (Å²) >= 11 is 3.40. The van der Waals surface area contributed by atoms with Crippen LogP contribution in [0.3, 0.4) is 0 Å². The number of nitrogens with one attached hydrogen (secondary N) is 1. The highest BCUT2D eigenvalue weighted by Crippen LogP contribution is 2.34. The Morgan fingerprint density at radius 1 is 1.31 bits per heavy atom. The standard InChI is InChI=1S/C19H22N8S2/c1-3-28-26-6-4-13(12-26)15-8-17(29-24-15)23-18-19-21-10-16(27(19)7-5-20-18)14-9-22-25(2)11-14/h5,7-11,13H,3-4,6,12H2,1-2H3,(H,20,23). The molecule has 1 aliphatic heterocycles. The van der Waals surface area contributed by atoms with Gasteiger partial charge in [0.2, 0.25) is 0 Å². The van der Waals surface area contributed by atoms with Crippen molar-refractivity contribution in [2.45, 2.75) is 19.3 Å². The Morgan fingerprint density at radius 3 is 3.07 bits per heavy atom. The van der Waals surface area contributed by atoms with Crippen LogP contribution in [-0.2, 0) is 7.05 Å². The van der Waals surface area contributed by atoms with Crippen LogP contribution in [0.5, 0.6) is 0 Å². The maximum atomic E-state index is 4.70. The smallest absolute Gasteiger partial charge is 0.180 e. The van der Waals surface area contributed by atoms with Crippen molar-refractivity contribution in [1.82, 2.24) is 32.8 Å². The lowest BCUT2D eigenvalue weighted by Crippen LogP contribution is -2.11. The summed E-state index contributed by atoms with van der Waals surface area (Å²) < 4.78 is 11.0. The van der Waals surface area contributed by atoms with Gasteiger partial charge >= 0.3 is 0 Å². The Bertz CT molecular complexity index is 1130.